The standard InChI is InChI=1S/C16H24ClN3O/c1-12-5-6-13(17)11-14(12)19-7-9-20(10-8-19)15(21)18-16(2,3)4/h5-6,11H,7-10H2,1-4H3,(H,18,21). The maximum atomic E-state index is 12.2. The summed E-state index contributed by atoms with van der Waals surface area (Å²) in [5, 5.41) is 3.76. The molecule has 0 aliphatic carbocycles. The number of urea groups is 1. The molecule has 1 heterocycles. The summed E-state index contributed by atoms with van der Waals surface area (Å²) in [6.45, 7) is 11.2. The van der Waals surface area contributed by atoms with Crippen LogP contribution in [0.15, 0.2) is 18.2 Å². The number of benzene rings is 1. The molecule has 1 aromatic carbocycles. The zero-order chi connectivity index (χ0) is 15.6. The molecule has 5 heteroatoms. The fraction of sp³-hybridized carbons (Fsp3) is 0.562. The smallest absolute Gasteiger partial charge is 0.317 e. The number of halogens is 1. The van der Waals surface area contributed by atoms with E-state index >= 15 is 0 Å². The van der Waals surface area contributed by atoms with Gasteiger partial charge in [-0.1, -0.05) is 17.7 Å². The zero-order valence-electron chi connectivity index (χ0n) is 13.2. The van der Waals surface area contributed by atoms with Crippen LogP contribution in [-0.2, 0) is 0 Å². The number of hydrogen-bond donors (Lipinski definition) is 1. The summed E-state index contributed by atoms with van der Waals surface area (Å²) in [4.78, 5) is 16.3. The highest BCUT2D eigenvalue weighted by atomic mass is 35.5. The van der Waals surface area contributed by atoms with Crippen molar-refractivity contribution in [3.8, 4) is 0 Å². The predicted molar refractivity (Wildman–Crippen MR) is 88.3 cm³/mol. The molecule has 1 aliphatic rings. The maximum absolute atomic E-state index is 12.2. The lowest BCUT2D eigenvalue weighted by atomic mass is 10.1. The lowest BCUT2D eigenvalue weighted by molar-refractivity contribution is 0.185. The Morgan fingerprint density at radius 3 is 2.38 bits per heavy atom. The van der Waals surface area contributed by atoms with Crippen LogP contribution in [0.3, 0.4) is 0 Å². The van der Waals surface area contributed by atoms with Crippen molar-refractivity contribution in [2.75, 3.05) is 31.1 Å². The average Bonchev–Trinajstić information content (AvgIpc) is 2.40. The van der Waals surface area contributed by atoms with E-state index in [0.29, 0.717) is 0 Å². The molecule has 1 aromatic rings. The average molecular weight is 310 g/mol. The van der Waals surface area contributed by atoms with E-state index < -0.39 is 0 Å². The van der Waals surface area contributed by atoms with Gasteiger partial charge in [-0.3, -0.25) is 0 Å². The van der Waals surface area contributed by atoms with Crippen molar-refractivity contribution in [1.29, 1.82) is 0 Å². The summed E-state index contributed by atoms with van der Waals surface area (Å²) in [5.74, 6) is 0. The molecule has 1 fully saturated rings. The third-order valence-corrected chi connectivity index (χ3v) is 3.80. The van der Waals surface area contributed by atoms with Crippen molar-refractivity contribution in [3.63, 3.8) is 0 Å². The molecule has 1 N–H and O–H groups in total. The first-order valence-corrected chi connectivity index (χ1v) is 7.72. The number of hydrogen-bond acceptors (Lipinski definition) is 2. The van der Waals surface area contributed by atoms with Crippen molar-refractivity contribution in [2.45, 2.75) is 33.2 Å². The van der Waals surface area contributed by atoms with Gasteiger partial charge in [0, 0.05) is 42.4 Å². The Bertz CT molecular complexity index is 517. The Morgan fingerprint density at radius 1 is 1.19 bits per heavy atom. The number of carbonyl (C=O) groups is 1. The first-order chi connectivity index (χ1) is 9.76. The third-order valence-electron chi connectivity index (χ3n) is 3.56. The number of nitrogens with one attached hydrogen (secondary N) is 1. The van der Waals surface area contributed by atoms with Gasteiger partial charge in [-0.25, -0.2) is 4.79 Å². The predicted octanol–water partition coefficient (Wildman–Crippen LogP) is 3.28. The lowest BCUT2D eigenvalue weighted by Gasteiger charge is -2.38. The minimum absolute atomic E-state index is 0.0185. The van der Waals surface area contributed by atoms with Gasteiger partial charge in [0.1, 0.15) is 0 Å². The van der Waals surface area contributed by atoms with Crippen LogP contribution >= 0.6 is 11.6 Å². The van der Waals surface area contributed by atoms with Crippen LogP contribution in [0, 0.1) is 6.92 Å². The van der Waals surface area contributed by atoms with E-state index in [-0.39, 0.29) is 11.6 Å². The molecule has 0 bridgehead atoms. The first kappa shape index (κ1) is 16.0. The third kappa shape index (κ3) is 4.27. The van der Waals surface area contributed by atoms with E-state index in [1.54, 1.807) is 0 Å². The van der Waals surface area contributed by atoms with Crippen molar-refractivity contribution in [1.82, 2.24) is 10.2 Å². The van der Waals surface area contributed by atoms with Crippen LogP contribution in [0.2, 0.25) is 5.02 Å². The van der Waals surface area contributed by atoms with Crippen LogP contribution in [0.1, 0.15) is 26.3 Å². The number of aryl methyl sites for hydroxylation is 1. The maximum Gasteiger partial charge on any atom is 0.317 e. The van der Waals surface area contributed by atoms with Gasteiger partial charge in [0.25, 0.3) is 0 Å². The first-order valence-electron chi connectivity index (χ1n) is 7.34. The van der Waals surface area contributed by atoms with Crippen molar-refractivity contribution in [3.05, 3.63) is 28.8 Å². The van der Waals surface area contributed by atoms with Gasteiger partial charge in [0.2, 0.25) is 0 Å². The molecule has 2 rings (SSSR count). The summed E-state index contributed by atoms with van der Waals surface area (Å²) in [6, 6.07) is 5.97. The van der Waals surface area contributed by atoms with Gasteiger partial charge >= 0.3 is 6.03 Å². The highest BCUT2D eigenvalue weighted by Crippen LogP contribution is 2.25. The Kier molecular flexibility index (Phi) is 4.67. The highest BCUT2D eigenvalue weighted by Gasteiger charge is 2.24. The summed E-state index contributed by atoms with van der Waals surface area (Å²) in [7, 11) is 0. The molecule has 21 heavy (non-hydrogen) atoms. The van der Waals surface area contributed by atoms with E-state index in [4.69, 9.17) is 11.6 Å². The Morgan fingerprint density at radius 2 is 1.81 bits per heavy atom. The quantitative estimate of drug-likeness (QED) is 0.864. The largest absolute Gasteiger partial charge is 0.368 e. The van der Waals surface area contributed by atoms with Crippen LogP contribution in [-0.4, -0.2) is 42.6 Å². The Balaban J connectivity index is 1.97. The minimum atomic E-state index is -0.197. The molecular weight excluding hydrogens is 286 g/mol. The number of anilines is 1. The molecule has 0 spiro atoms. The van der Waals surface area contributed by atoms with E-state index in [9.17, 15) is 4.79 Å². The lowest BCUT2D eigenvalue weighted by Crippen LogP contribution is -2.55. The summed E-state index contributed by atoms with van der Waals surface area (Å²) in [5.41, 5.74) is 2.18. The molecule has 0 unspecified atom stereocenters. The second kappa shape index (κ2) is 6.14. The fourth-order valence-corrected chi connectivity index (χ4v) is 2.64. The molecule has 1 saturated heterocycles. The summed E-state index contributed by atoms with van der Waals surface area (Å²) < 4.78 is 0. The molecule has 0 atom stereocenters. The normalized spacial score (nSPS) is 16.0. The number of rotatable bonds is 1. The van der Waals surface area contributed by atoms with Gasteiger partial charge in [-0.05, 0) is 45.4 Å². The molecule has 2 amide bonds. The molecule has 1 aliphatic heterocycles. The van der Waals surface area contributed by atoms with E-state index in [1.807, 2.05) is 43.9 Å². The second-order valence-corrected chi connectivity index (χ2v) is 7.02. The molecule has 0 aromatic heterocycles. The van der Waals surface area contributed by atoms with Crippen molar-refractivity contribution < 1.29 is 4.79 Å². The molecule has 0 saturated carbocycles. The molecular formula is C16H24ClN3O. The molecule has 4 nitrogen and oxygen atoms in total. The zero-order valence-corrected chi connectivity index (χ0v) is 14.0. The van der Waals surface area contributed by atoms with Crippen LogP contribution in [0.4, 0.5) is 10.5 Å². The second-order valence-electron chi connectivity index (χ2n) is 6.59. The molecule has 116 valence electrons. The Labute approximate surface area is 132 Å². The van der Waals surface area contributed by atoms with Gasteiger partial charge in [-0.2, -0.15) is 0 Å². The number of carbonyl (C=O) groups excluding carboxylic acids is 1. The summed E-state index contributed by atoms with van der Waals surface area (Å²) >= 11 is 6.09. The monoisotopic (exact) mass is 309 g/mol. The van der Waals surface area contributed by atoms with Gasteiger partial charge < -0.3 is 15.1 Å². The number of nitrogens with zero attached hydrogens (tertiary/aromatic N) is 2. The van der Waals surface area contributed by atoms with E-state index in [1.165, 1.54) is 11.3 Å². The highest BCUT2D eigenvalue weighted by molar-refractivity contribution is 6.30. The van der Waals surface area contributed by atoms with E-state index in [2.05, 4.69) is 17.1 Å². The van der Waals surface area contributed by atoms with Gasteiger partial charge in [-0.15, -0.1) is 0 Å². The fourth-order valence-electron chi connectivity index (χ4n) is 2.47. The number of amides is 2. The van der Waals surface area contributed by atoms with Crippen LogP contribution in [0.5, 0.6) is 0 Å². The van der Waals surface area contributed by atoms with Gasteiger partial charge in [0.15, 0.2) is 0 Å². The van der Waals surface area contributed by atoms with E-state index in [0.717, 1.165) is 31.2 Å². The van der Waals surface area contributed by atoms with Gasteiger partial charge in [0.05, 0.1) is 0 Å². The number of piperazine rings is 1. The minimum Gasteiger partial charge on any atom is -0.368 e. The van der Waals surface area contributed by atoms with Crippen molar-refractivity contribution >= 4 is 23.3 Å². The molecule has 0 radical (unpaired) electrons. The van der Waals surface area contributed by atoms with Crippen molar-refractivity contribution in [2.24, 2.45) is 0 Å². The summed E-state index contributed by atoms with van der Waals surface area (Å²) in [6.07, 6.45) is 0. The SMILES string of the molecule is Cc1ccc(Cl)cc1N1CCN(C(=O)NC(C)(C)C)CC1. The topological polar surface area (TPSA) is 35.6 Å². The van der Waals surface area contributed by atoms with Crippen LogP contribution < -0.4 is 10.2 Å². The van der Waals surface area contributed by atoms with Crippen LogP contribution in [0.25, 0.3) is 0 Å². The Hall–Kier alpha value is -1.42.